The zero-order chi connectivity index (χ0) is 25.6. The molecule has 5 nitrogen and oxygen atoms in total. The van der Waals surface area contributed by atoms with Crippen LogP contribution in [0, 0.1) is 5.95 Å². The Hall–Kier alpha value is -3.00. The summed E-state index contributed by atoms with van der Waals surface area (Å²) in [6, 6.07) is 24.5. The van der Waals surface area contributed by atoms with E-state index in [1.807, 2.05) is 30.3 Å². The first-order valence-electron chi connectivity index (χ1n) is 12.8. The van der Waals surface area contributed by atoms with Crippen LogP contribution in [0.25, 0.3) is 22.0 Å². The minimum atomic E-state index is -0.465. The second-order valence-corrected chi connectivity index (χ2v) is 9.68. The van der Waals surface area contributed by atoms with Crippen molar-refractivity contribution in [3.05, 3.63) is 95.4 Å². The molecule has 0 bridgehead atoms. The topological polar surface area (TPSA) is 48.3 Å². The molecule has 1 aliphatic heterocycles. The number of halogens is 2. The van der Waals surface area contributed by atoms with Gasteiger partial charge in [-0.3, -0.25) is 4.34 Å². The molecule has 2 heterocycles. The first kappa shape index (κ1) is 25.6. The zero-order valence-electron chi connectivity index (χ0n) is 20.9. The van der Waals surface area contributed by atoms with Gasteiger partial charge < -0.3 is 9.47 Å². The highest BCUT2D eigenvalue weighted by atomic mass is 79.9. The number of nitrogens with one attached hydrogen (secondary N) is 1. The monoisotopic (exact) mass is 563 g/mol. The quantitative estimate of drug-likeness (QED) is 0.130. The highest BCUT2D eigenvalue weighted by Gasteiger charge is 2.22. The lowest BCUT2D eigenvalue weighted by Crippen LogP contribution is -2.19. The van der Waals surface area contributed by atoms with E-state index in [2.05, 4.69) is 75.0 Å². The predicted octanol–water partition coefficient (Wildman–Crippen LogP) is 7.52. The maximum absolute atomic E-state index is 15.2. The summed E-state index contributed by atoms with van der Waals surface area (Å²) >= 11 is 3.20. The Kier molecular flexibility index (Phi) is 8.34. The molecule has 1 aliphatic rings. The predicted molar refractivity (Wildman–Crippen MR) is 150 cm³/mol. The first-order valence-corrected chi connectivity index (χ1v) is 13.6. The fraction of sp³-hybridized carbons (Fsp3) is 0.300. The molecule has 0 saturated carbocycles. The third kappa shape index (κ3) is 5.64. The zero-order valence-corrected chi connectivity index (χ0v) is 22.5. The van der Waals surface area contributed by atoms with Crippen LogP contribution in [-0.2, 0) is 4.74 Å². The second-order valence-electron chi connectivity index (χ2n) is 9.12. The second kappa shape index (κ2) is 12.0. The third-order valence-electron chi connectivity index (χ3n) is 6.76. The number of hydrogen-bond donors (Lipinski definition) is 1. The van der Waals surface area contributed by atoms with Gasteiger partial charge in [-0.05, 0) is 77.8 Å². The van der Waals surface area contributed by atoms with Crippen molar-refractivity contribution < 1.29 is 13.9 Å². The molecule has 0 aliphatic carbocycles. The van der Waals surface area contributed by atoms with Crippen molar-refractivity contribution in [1.29, 1.82) is 0 Å². The normalized spacial score (nSPS) is 16.6. The molecule has 5 rings (SSSR count). The van der Waals surface area contributed by atoms with Crippen LogP contribution < -0.4 is 9.08 Å². The SMILES string of the molecule is CC/C(=C(/c1ccc(OCCNBr)cc1)c1ccc2c(c1)c(F)nn2C1CCCCO1)c1ccccc1. The van der Waals surface area contributed by atoms with Gasteiger partial charge in [0.1, 0.15) is 12.4 Å². The number of ether oxygens (including phenoxy) is 2. The molecule has 3 aromatic carbocycles. The van der Waals surface area contributed by atoms with Crippen LogP contribution in [0.2, 0.25) is 0 Å². The minimum Gasteiger partial charge on any atom is -0.492 e. The van der Waals surface area contributed by atoms with Crippen LogP contribution in [-0.4, -0.2) is 29.5 Å². The average molecular weight is 564 g/mol. The van der Waals surface area contributed by atoms with Crippen molar-refractivity contribution in [3.63, 3.8) is 0 Å². The summed E-state index contributed by atoms with van der Waals surface area (Å²) in [4.78, 5) is 0. The highest BCUT2D eigenvalue weighted by Crippen LogP contribution is 2.37. The number of nitrogens with zero attached hydrogens (tertiary/aromatic N) is 2. The number of aromatic nitrogens is 2. The van der Waals surface area contributed by atoms with Gasteiger partial charge in [-0.15, -0.1) is 5.10 Å². The number of fused-ring (bicyclic) bond motifs is 1. The molecule has 0 radical (unpaired) electrons. The Morgan fingerprint density at radius 2 is 1.84 bits per heavy atom. The molecule has 1 fully saturated rings. The van der Waals surface area contributed by atoms with E-state index in [-0.39, 0.29) is 6.23 Å². The van der Waals surface area contributed by atoms with Gasteiger partial charge in [-0.25, -0.2) is 4.68 Å². The maximum Gasteiger partial charge on any atom is 0.240 e. The van der Waals surface area contributed by atoms with E-state index in [1.165, 1.54) is 5.57 Å². The van der Waals surface area contributed by atoms with Crippen LogP contribution in [0.4, 0.5) is 4.39 Å². The Bertz CT molecular complexity index is 1360. The number of rotatable bonds is 9. The Morgan fingerprint density at radius 3 is 2.54 bits per heavy atom. The van der Waals surface area contributed by atoms with Gasteiger partial charge in [0.15, 0.2) is 6.23 Å². The van der Waals surface area contributed by atoms with Crippen LogP contribution >= 0.6 is 16.1 Å². The molecule has 4 aromatic rings. The van der Waals surface area contributed by atoms with Gasteiger partial charge in [-0.1, -0.05) is 55.5 Å². The van der Waals surface area contributed by atoms with E-state index in [9.17, 15) is 0 Å². The van der Waals surface area contributed by atoms with Crippen molar-refractivity contribution in [2.45, 2.75) is 38.8 Å². The molecule has 1 N–H and O–H groups in total. The van der Waals surface area contributed by atoms with Gasteiger partial charge >= 0.3 is 0 Å². The summed E-state index contributed by atoms with van der Waals surface area (Å²) in [6.07, 6.45) is 3.54. The molecule has 37 heavy (non-hydrogen) atoms. The lowest BCUT2D eigenvalue weighted by atomic mass is 9.88. The van der Waals surface area contributed by atoms with Crippen molar-refractivity contribution in [2.75, 3.05) is 19.8 Å². The summed E-state index contributed by atoms with van der Waals surface area (Å²) < 4.78 is 31.5. The van der Waals surface area contributed by atoms with Gasteiger partial charge in [0.05, 0.1) is 10.9 Å². The Balaban J connectivity index is 1.61. The molecular weight excluding hydrogens is 533 g/mol. The molecule has 192 valence electrons. The summed E-state index contributed by atoms with van der Waals surface area (Å²) in [5.74, 6) is 0.339. The first-order chi connectivity index (χ1) is 18.2. The molecule has 1 atom stereocenters. The van der Waals surface area contributed by atoms with Crippen molar-refractivity contribution in [2.24, 2.45) is 0 Å². The van der Waals surface area contributed by atoms with Crippen LogP contribution in [0.1, 0.15) is 55.5 Å². The Labute approximate surface area is 225 Å². The number of hydrogen-bond acceptors (Lipinski definition) is 4. The molecule has 1 unspecified atom stereocenters. The van der Waals surface area contributed by atoms with Gasteiger partial charge in [0.2, 0.25) is 5.95 Å². The van der Waals surface area contributed by atoms with E-state index in [0.717, 1.165) is 59.2 Å². The van der Waals surface area contributed by atoms with Crippen molar-refractivity contribution in [1.82, 2.24) is 14.1 Å². The minimum absolute atomic E-state index is 0.218. The number of benzene rings is 3. The lowest BCUT2D eigenvalue weighted by Gasteiger charge is -2.23. The largest absolute Gasteiger partial charge is 0.492 e. The van der Waals surface area contributed by atoms with E-state index < -0.39 is 5.95 Å². The van der Waals surface area contributed by atoms with E-state index in [4.69, 9.17) is 9.47 Å². The van der Waals surface area contributed by atoms with Gasteiger partial charge in [0, 0.05) is 29.3 Å². The molecule has 7 heteroatoms. The molecule has 1 aromatic heterocycles. The summed E-state index contributed by atoms with van der Waals surface area (Å²) in [5.41, 5.74) is 6.18. The summed E-state index contributed by atoms with van der Waals surface area (Å²) in [6.45, 7) is 4.10. The van der Waals surface area contributed by atoms with Crippen LogP contribution in [0.5, 0.6) is 5.75 Å². The van der Waals surface area contributed by atoms with E-state index >= 15 is 4.39 Å². The maximum atomic E-state index is 15.2. The summed E-state index contributed by atoms with van der Waals surface area (Å²) in [5, 5.41) is 4.75. The molecular formula is C30H31BrFN3O2. The number of allylic oxidation sites excluding steroid dienone is 1. The van der Waals surface area contributed by atoms with E-state index in [1.54, 1.807) is 4.68 Å². The van der Waals surface area contributed by atoms with Crippen LogP contribution in [0.3, 0.4) is 0 Å². The van der Waals surface area contributed by atoms with Crippen LogP contribution in [0.15, 0.2) is 72.8 Å². The fourth-order valence-electron chi connectivity index (χ4n) is 5.00. The molecule has 0 amide bonds. The average Bonchev–Trinajstić information content (AvgIpc) is 3.29. The third-order valence-corrected chi connectivity index (χ3v) is 7.16. The Morgan fingerprint density at radius 1 is 1.05 bits per heavy atom. The lowest BCUT2D eigenvalue weighted by molar-refractivity contribution is -0.0375. The highest BCUT2D eigenvalue weighted by molar-refractivity contribution is 9.08. The van der Waals surface area contributed by atoms with Crippen molar-refractivity contribution >= 4 is 38.2 Å². The molecule has 1 saturated heterocycles. The summed E-state index contributed by atoms with van der Waals surface area (Å²) in [7, 11) is 0. The van der Waals surface area contributed by atoms with Gasteiger partial charge in [0.25, 0.3) is 0 Å². The van der Waals surface area contributed by atoms with E-state index in [0.29, 0.717) is 25.1 Å². The molecule has 0 spiro atoms. The smallest absolute Gasteiger partial charge is 0.240 e. The van der Waals surface area contributed by atoms with Crippen molar-refractivity contribution in [3.8, 4) is 5.75 Å². The fourth-order valence-corrected chi connectivity index (χ4v) is 5.16. The standard InChI is InChI=1S/C30H31BrFN3O2/c1-2-25(21-8-4-3-5-9-21)29(22-11-14-24(15-12-22)36-19-17-33-31)23-13-16-27-26(20-23)30(32)34-35(27)28-10-6-7-18-37-28/h3-5,8-9,11-16,20,28,33H,2,6-7,10,17-19H2,1H3/b29-25+. The van der Waals surface area contributed by atoms with Gasteiger partial charge in [-0.2, -0.15) is 4.39 Å².